The van der Waals surface area contributed by atoms with Gasteiger partial charge in [-0.15, -0.1) is 11.3 Å². The molecule has 0 amide bonds. The summed E-state index contributed by atoms with van der Waals surface area (Å²) in [6.45, 7) is 0.631. The zero-order valence-electron chi connectivity index (χ0n) is 15.3. The highest BCUT2D eigenvalue weighted by Crippen LogP contribution is 2.37. The molecule has 1 aromatic carbocycles. The molecule has 0 spiro atoms. The highest BCUT2D eigenvalue weighted by atomic mass is 32.2. The molecule has 6 nitrogen and oxygen atoms in total. The number of hydrogen-bond donors (Lipinski definition) is 1. The number of rotatable bonds is 5. The van der Waals surface area contributed by atoms with Gasteiger partial charge in [0.15, 0.2) is 9.84 Å². The monoisotopic (exact) mass is 402 g/mol. The molecule has 1 aliphatic rings. The van der Waals surface area contributed by atoms with Gasteiger partial charge in [-0.05, 0) is 26.1 Å². The maximum atomic E-state index is 11.9. The van der Waals surface area contributed by atoms with Gasteiger partial charge in [-0.2, -0.15) is 0 Å². The summed E-state index contributed by atoms with van der Waals surface area (Å²) in [6.07, 6.45) is 0.613. The van der Waals surface area contributed by atoms with Crippen LogP contribution in [-0.4, -0.2) is 54.9 Å². The van der Waals surface area contributed by atoms with E-state index in [0.717, 1.165) is 33.0 Å². The quantitative estimate of drug-likeness (QED) is 0.707. The molecule has 1 fully saturated rings. The van der Waals surface area contributed by atoms with E-state index < -0.39 is 9.84 Å². The summed E-state index contributed by atoms with van der Waals surface area (Å²) in [5.74, 6) is 1.86. The summed E-state index contributed by atoms with van der Waals surface area (Å²) >= 11 is 1.59. The lowest BCUT2D eigenvalue weighted by Crippen LogP contribution is -2.22. The fourth-order valence-corrected chi connectivity index (χ4v) is 6.02. The van der Waals surface area contributed by atoms with E-state index in [4.69, 9.17) is 9.97 Å². The lowest BCUT2D eigenvalue weighted by atomic mass is 10.1. The van der Waals surface area contributed by atoms with Crippen LogP contribution in [0.15, 0.2) is 35.7 Å². The van der Waals surface area contributed by atoms with Gasteiger partial charge in [0.05, 0.1) is 23.4 Å². The Morgan fingerprint density at radius 3 is 2.67 bits per heavy atom. The van der Waals surface area contributed by atoms with Crippen LogP contribution in [-0.2, 0) is 16.4 Å². The van der Waals surface area contributed by atoms with Crippen LogP contribution in [0, 0.1) is 0 Å². The van der Waals surface area contributed by atoms with Crippen molar-refractivity contribution in [3.63, 3.8) is 0 Å². The lowest BCUT2D eigenvalue weighted by molar-refractivity contribution is 0.391. The van der Waals surface area contributed by atoms with Crippen molar-refractivity contribution in [1.29, 1.82) is 0 Å². The lowest BCUT2D eigenvalue weighted by Gasteiger charge is -2.16. The number of benzene rings is 1. The van der Waals surface area contributed by atoms with E-state index in [9.17, 15) is 8.42 Å². The summed E-state index contributed by atoms with van der Waals surface area (Å²) in [7, 11) is 1.00. The van der Waals surface area contributed by atoms with Crippen LogP contribution in [0.2, 0.25) is 0 Å². The van der Waals surface area contributed by atoms with Crippen molar-refractivity contribution in [2.75, 3.05) is 30.9 Å². The average Bonchev–Trinajstić information content (AvgIpc) is 3.18. The van der Waals surface area contributed by atoms with Crippen molar-refractivity contribution in [3.05, 3.63) is 41.5 Å². The Bertz CT molecular complexity index is 1060. The second kappa shape index (κ2) is 7.18. The third-order valence-electron chi connectivity index (χ3n) is 4.60. The Kier molecular flexibility index (Phi) is 4.88. The number of nitrogens with one attached hydrogen (secondary N) is 1. The minimum Gasteiger partial charge on any atom is -0.366 e. The number of sulfone groups is 1. The molecule has 0 aliphatic carbocycles. The maximum Gasteiger partial charge on any atom is 0.152 e. The number of nitrogens with zero attached hydrogens (tertiary/aromatic N) is 3. The number of aromatic nitrogens is 2. The minimum absolute atomic E-state index is 0.108. The van der Waals surface area contributed by atoms with E-state index >= 15 is 0 Å². The normalized spacial score (nSPS) is 19.0. The molecule has 0 bridgehead atoms. The van der Waals surface area contributed by atoms with E-state index in [1.807, 2.05) is 37.2 Å². The zero-order chi connectivity index (χ0) is 19.0. The Hall–Kier alpha value is -2.03. The standard InChI is InChI=1S/C19H22N4O2S2/c1-23(2)10-16-21-18(20-14-8-9-27(24,25)12-14)17-15(11-26-19(17)22-16)13-6-4-3-5-7-13/h3-7,11,14H,8-10,12H2,1-2H3,(H,20,21,22). The predicted octanol–water partition coefficient (Wildman–Crippen LogP) is 3.02. The molecule has 1 atom stereocenters. The minimum atomic E-state index is -2.96. The van der Waals surface area contributed by atoms with Crippen molar-refractivity contribution in [2.24, 2.45) is 0 Å². The molecule has 27 heavy (non-hydrogen) atoms. The third kappa shape index (κ3) is 3.97. The topological polar surface area (TPSA) is 75.2 Å². The third-order valence-corrected chi connectivity index (χ3v) is 7.24. The van der Waals surface area contributed by atoms with Crippen LogP contribution in [0.5, 0.6) is 0 Å². The fraction of sp³-hybridized carbons (Fsp3) is 0.368. The van der Waals surface area contributed by atoms with E-state index in [2.05, 4.69) is 22.8 Å². The first kappa shape index (κ1) is 18.3. The number of anilines is 1. The van der Waals surface area contributed by atoms with Gasteiger partial charge in [-0.25, -0.2) is 18.4 Å². The molecule has 1 aliphatic heterocycles. The Labute approximate surface area is 163 Å². The molecule has 4 rings (SSSR count). The Morgan fingerprint density at radius 2 is 2.00 bits per heavy atom. The molecule has 1 saturated heterocycles. The molecular formula is C19H22N4O2S2. The Morgan fingerprint density at radius 1 is 1.22 bits per heavy atom. The first-order valence-corrected chi connectivity index (χ1v) is 11.6. The Balaban J connectivity index is 1.81. The second-order valence-corrected chi connectivity index (χ2v) is 10.3. The molecule has 8 heteroatoms. The maximum absolute atomic E-state index is 11.9. The van der Waals surface area contributed by atoms with Crippen molar-refractivity contribution < 1.29 is 8.42 Å². The number of hydrogen-bond acceptors (Lipinski definition) is 7. The van der Waals surface area contributed by atoms with Crippen molar-refractivity contribution in [2.45, 2.75) is 19.0 Å². The number of thiophene rings is 1. The van der Waals surface area contributed by atoms with Gasteiger partial charge in [-0.3, -0.25) is 0 Å². The molecule has 1 unspecified atom stereocenters. The molecule has 3 aromatic rings. The smallest absolute Gasteiger partial charge is 0.152 e. The van der Waals surface area contributed by atoms with Gasteiger partial charge in [0.2, 0.25) is 0 Å². The zero-order valence-corrected chi connectivity index (χ0v) is 17.0. The van der Waals surface area contributed by atoms with Crippen LogP contribution < -0.4 is 5.32 Å². The molecule has 3 heterocycles. The van der Waals surface area contributed by atoms with Gasteiger partial charge < -0.3 is 10.2 Å². The number of fused-ring (bicyclic) bond motifs is 1. The fourth-order valence-electron chi connectivity index (χ4n) is 3.38. The summed E-state index contributed by atoms with van der Waals surface area (Å²) in [5, 5.41) is 6.48. The van der Waals surface area contributed by atoms with Crippen LogP contribution >= 0.6 is 11.3 Å². The van der Waals surface area contributed by atoms with Gasteiger partial charge >= 0.3 is 0 Å². The van der Waals surface area contributed by atoms with E-state index in [0.29, 0.717) is 13.0 Å². The molecule has 0 saturated carbocycles. The van der Waals surface area contributed by atoms with Crippen molar-refractivity contribution >= 4 is 37.2 Å². The van der Waals surface area contributed by atoms with Gasteiger partial charge in [0.25, 0.3) is 0 Å². The van der Waals surface area contributed by atoms with Crippen molar-refractivity contribution in [3.8, 4) is 11.1 Å². The average molecular weight is 403 g/mol. The summed E-state index contributed by atoms with van der Waals surface area (Å²) in [4.78, 5) is 12.4. The van der Waals surface area contributed by atoms with Gasteiger partial charge in [-0.1, -0.05) is 30.3 Å². The van der Waals surface area contributed by atoms with Crippen molar-refractivity contribution in [1.82, 2.24) is 14.9 Å². The highest BCUT2D eigenvalue weighted by molar-refractivity contribution is 7.91. The molecule has 2 aromatic heterocycles. The van der Waals surface area contributed by atoms with E-state index in [1.165, 1.54) is 0 Å². The first-order valence-electron chi connectivity index (χ1n) is 8.86. The van der Waals surface area contributed by atoms with Crippen LogP contribution in [0.3, 0.4) is 0 Å². The predicted molar refractivity (Wildman–Crippen MR) is 111 cm³/mol. The van der Waals surface area contributed by atoms with Crippen LogP contribution in [0.1, 0.15) is 12.2 Å². The van der Waals surface area contributed by atoms with E-state index in [-0.39, 0.29) is 17.5 Å². The second-order valence-electron chi connectivity index (χ2n) is 7.17. The van der Waals surface area contributed by atoms with Gasteiger partial charge in [0.1, 0.15) is 16.5 Å². The molecule has 142 valence electrons. The van der Waals surface area contributed by atoms with Gasteiger partial charge in [0, 0.05) is 17.0 Å². The molecule has 1 N–H and O–H groups in total. The summed E-state index contributed by atoms with van der Waals surface area (Å²) < 4.78 is 23.7. The SMILES string of the molecule is CN(C)Cc1nc(NC2CCS(=O)(=O)C2)c2c(-c3ccccc3)csc2n1. The largest absolute Gasteiger partial charge is 0.366 e. The highest BCUT2D eigenvalue weighted by Gasteiger charge is 2.29. The van der Waals surface area contributed by atoms with Crippen LogP contribution in [0.4, 0.5) is 5.82 Å². The first-order chi connectivity index (χ1) is 12.9. The molecular weight excluding hydrogens is 380 g/mol. The van der Waals surface area contributed by atoms with E-state index in [1.54, 1.807) is 11.3 Å². The molecule has 0 radical (unpaired) electrons. The summed E-state index contributed by atoms with van der Waals surface area (Å²) in [5.41, 5.74) is 2.19. The summed E-state index contributed by atoms with van der Waals surface area (Å²) in [6, 6.07) is 10.0. The van der Waals surface area contributed by atoms with Crippen LogP contribution in [0.25, 0.3) is 21.3 Å².